The Morgan fingerprint density at radius 1 is 1.31 bits per heavy atom. The molecule has 2 heterocycles. The summed E-state index contributed by atoms with van der Waals surface area (Å²) in [6.07, 6.45) is 1.61. The quantitative estimate of drug-likeness (QED) is 0.504. The molecule has 1 aliphatic rings. The fourth-order valence-electron chi connectivity index (χ4n) is 3.88. The van der Waals surface area contributed by atoms with Crippen molar-refractivity contribution in [3.05, 3.63) is 35.0 Å². The zero-order chi connectivity index (χ0) is 23.0. The molecule has 0 spiro atoms. The number of phenols is 1. The highest BCUT2D eigenvalue weighted by Crippen LogP contribution is 2.38. The SMILES string of the molecule is Cc1ncsc1-c1ccc([C@](C)(NC(=O)C2CCCN2)C(=O)[C@@H](N)C(C)(C)C)c(O)c1.Cl. The topological polar surface area (TPSA) is 117 Å². The summed E-state index contributed by atoms with van der Waals surface area (Å²) in [6, 6.07) is 3.95. The van der Waals surface area contributed by atoms with E-state index in [9.17, 15) is 14.7 Å². The summed E-state index contributed by atoms with van der Waals surface area (Å²) in [7, 11) is 0. The molecule has 1 fully saturated rings. The lowest BCUT2D eigenvalue weighted by molar-refractivity contribution is -0.135. The monoisotopic (exact) mass is 480 g/mol. The van der Waals surface area contributed by atoms with Crippen LogP contribution in [0.25, 0.3) is 10.4 Å². The van der Waals surface area contributed by atoms with Gasteiger partial charge in [-0.3, -0.25) is 9.59 Å². The van der Waals surface area contributed by atoms with Crippen LogP contribution in [0.15, 0.2) is 23.7 Å². The lowest BCUT2D eigenvalue weighted by Crippen LogP contribution is -2.60. The third kappa shape index (κ3) is 5.14. The molecule has 32 heavy (non-hydrogen) atoms. The van der Waals surface area contributed by atoms with E-state index in [4.69, 9.17) is 5.73 Å². The Labute approximate surface area is 199 Å². The number of nitrogens with zero attached hydrogens (tertiary/aromatic N) is 1. The van der Waals surface area contributed by atoms with Gasteiger partial charge in [0, 0.05) is 5.56 Å². The van der Waals surface area contributed by atoms with Crippen LogP contribution in [-0.4, -0.2) is 40.4 Å². The molecule has 7 nitrogen and oxygen atoms in total. The number of carbonyl (C=O) groups is 2. The van der Waals surface area contributed by atoms with Crippen LogP contribution >= 0.6 is 23.7 Å². The minimum atomic E-state index is -1.47. The first-order valence-electron chi connectivity index (χ1n) is 10.5. The Bertz CT molecular complexity index is 982. The van der Waals surface area contributed by atoms with E-state index in [1.807, 2.05) is 33.8 Å². The van der Waals surface area contributed by atoms with Gasteiger partial charge in [-0.1, -0.05) is 32.9 Å². The predicted molar refractivity (Wildman–Crippen MR) is 130 cm³/mol. The molecule has 176 valence electrons. The molecular weight excluding hydrogens is 448 g/mol. The molecule has 5 N–H and O–H groups in total. The Morgan fingerprint density at radius 3 is 2.50 bits per heavy atom. The molecule has 3 rings (SSSR count). The van der Waals surface area contributed by atoms with Crippen LogP contribution in [0.5, 0.6) is 5.75 Å². The number of aromatic nitrogens is 1. The van der Waals surface area contributed by atoms with Gasteiger partial charge >= 0.3 is 0 Å². The average Bonchev–Trinajstić information content (AvgIpc) is 3.37. The minimum Gasteiger partial charge on any atom is -0.508 e. The number of ketones is 1. The van der Waals surface area contributed by atoms with Crippen LogP contribution in [0.2, 0.25) is 0 Å². The van der Waals surface area contributed by atoms with Crippen molar-refractivity contribution >= 4 is 35.4 Å². The van der Waals surface area contributed by atoms with E-state index in [0.29, 0.717) is 12.0 Å². The number of benzene rings is 1. The molecule has 1 aromatic heterocycles. The summed E-state index contributed by atoms with van der Waals surface area (Å²) in [5.41, 5.74) is 8.09. The second kappa shape index (κ2) is 9.87. The van der Waals surface area contributed by atoms with Crippen molar-refractivity contribution < 1.29 is 14.7 Å². The van der Waals surface area contributed by atoms with E-state index in [0.717, 1.165) is 29.1 Å². The summed E-state index contributed by atoms with van der Waals surface area (Å²) in [5.74, 6) is -0.679. The van der Waals surface area contributed by atoms with Crippen molar-refractivity contribution in [1.29, 1.82) is 0 Å². The lowest BCUT2D eigenvalue weighted by atomic mass is 9.75. The molecule has 0 aliphatic carbocycles. The third-order valence-corrected chi connectivity index (χ3v) is 6.98. The normalized spacial score (nSPS) is 19.0. The molecule has 1 amide bonds. The summed E-state index contributed by atoms with van der Waals surface area (Å²) in [5, 5.41) is 17.0. The Hall–Kier alpha value is -2.00. The van der Waals surface area contributed by atoms with E-state index in [1.54, 1.807) is 24.6 Å². The van der Waals surface area contributed by atoms with Gasteiger partial charge in [0.2, 0.25) is 5.91 Å². The smallest absolute Gasteiger partial charge is 0.238 e. The molecule has 3 atom stereocenters. The van der Waals surface area contributed by atoms with Crippen LogP contribution in [0.3, 0.4) is 0 Å². The Balaban J connectivity index is 0.00000363. The van der Waals surface area contributed by atoms with Gasteiger partial charge in [-0.2, -0.15) is 0 Å². The highest BCUT2D eigenvalue weighted by atomic mass is 35.5. The highest BCUT2D eigenvalue weighted by molar-refractivity contribution is 7.13. The van der Waals surface area contributed by atoms with Gasteiger partial charge in [0.05, 0.1) is 28.2 Å². The zero-order valence-corrected chi connectivity index (χ0v) is 20.8. The number of Topliss-reactive ketones (excluding diaryl/α,β-unsaturated/α-hetero) is 1. The molecule has 0 radical (unpaired) electrons. The molecule has 1 aromatic carbocycles. The minimum absolute atomic E-state index is 0. The number of nitrogens with two attached hydrogens (primary N) is 1. The van der Waals surface area contributed by atoms with Crippen molar-refractivity contribution in [1.82, 2.24) is 15.6 Å². The van der Waals surface area contributed by atoms with E-state index in [1.165, 1.54) is 11.3 Å². The largest absolute Gasteiger partial charge is 0.508 e. The van der Waals surface area contributed by atoms with Gasteiger partial charge in [-0.05, 0) is 50.3 Å². The molecule has 9 heteroatoms. The standard InChI is InChI=1S/C23H32N4O3S.ClH/c1-13-18(31-12-26-13)14-8-9-15(17(28)11-14)23(5,20(29)19(24)22(2,3)4)27-21(30)16-7-6-10-25-16;/h8-9,11-12,16,19,25,28H,6-7,10,24H2,1-5H3,(H,27,30);1H/t16?,19-,23+;/m1./s1. The van der Waals surface area contributed by atoms with Crippen LogP contribution in [0.1, 0.15) is 51.8 Å². The molecule has 0 saturated carbocycles. The van der Waals surface area contributed by atoms with Gasteiger partial charge in [-0.15, -0.1) is 23.7 Å². The number of aryl methyl sites for hydroxylation is 1. The number of halogens is 1. The highest BCUT2D eigenvalue weighted by Gasteiger charge is 2.45. The van der Waals surface area contributed by atoms with E-state index in [-0.39, 0.29) is 35.9 Å². The van der Waals surface area contributed by atoms with Gasteiger partial charge in [0.1, 0.15) is 11.3 Å². The fraction of sp³-hybridized carbons (Fsp3) is 0.522. The number of carbonyl (C=O) groups excluding carboxylic acids is 2. The Morgan fingerprint density at radius 2 is 2.00 bits per heavy atom. The molecule has 1 aliphatic heterocycles. The number of nitrogens with one attached hydrogen (secondary N) is 2. The number of amides is 1. The summed E-state index contributed by atoms with van der Waals surface area (Å²) in [6.45, 7) is 9.93. The number of rotatable bonds is 6. The summed E-state index contributed by atoms with van der Waals surface area (Å²) < 4.78 is 0. The van der Waals surface area contributed by atoms with Gasteiger partial charge in [0.25, 0.3) is 0 Å². The van der Waals surface area contributed by atoms with Crippen molar-refractivity contribution in [3.8, 4) is 16.2 Å². The molecule has 1 unspecified atom stereocenters. The lowest BCUT2D eigenvalue weighted by Gasteiger charge is -2.37. The zero-order valence-electron chi connectivity index (χ0n) is 19.2. The number of hydrogen-bond acceptors (Lipinski definition) is 7. The van der Waals surface area contributed by atoms with Gasteiger partial charge in [-0.25, -0.2) is 4.98 Å². The third-order valence-electron chi connectivity index (χ3n) is 6.00. The molecule has 1 saturated heterocycles. The van der Waals surface area contributed by atoms with Crippen LogP contribution in [0, 0.1) is 12.3 Å². The molecular formula is C23H33ClN4O3S. The number of aromatic hydroxyl groups is 1. The summed E-state index contributed by atoms with van der Waals surface area (Å²) >= 11 is 1.48. The molecule has 0 bridgehead atoms. The Kier molecular flexibility index (Phi) is 8.10. The molecule has 2 aromatic rings. The second-order valence-corrected chi connectivity index (χ2v) is 10.3. The number of hydrogen-bond donors (Lipinski definition) is 4. The van der Waals surface area contributed by atoms with Crippen molar-refractivity contribution in [2.75, 3.05) is 6.54 Å². The number of phenolic OH excluding ortho intramolecular Hbond substituents is 1. The van der Waals surface area contributed by atoms with Gasteiger partial charge in [0.15, 0.2) is 5.78 Å². The van der Waals surface area contributed by atoms with E-state index >= 15 is 0 Å². The van der Waals surface area contributed by atoms with E-state index in [2.05, 4.69) is 15.6 Å². The predicted octanol–water partition coefficient (Wildman–Crippen LogP) is 3.27. The maximum Gasteiger partial charge on any atom is 0.238 e. The first kappa shape index (κ1) is 26.3. The van der Waals surface area contributed by atoms with Crippen molar-refractivity contribution in [2.24, 2.45) is 11.1 Å². The van der Waals surface area contributed by atoms with Crippen molar-refractivity contribution in [2.45, 2.75) is 65.1 Å². The maximum atomic E-state index is 13.6. The van der Waals surface area contributed by atoms with Gasteiger partial charge < -0.3 is 21.5 Å². The average molecular weight is 481 g/mol. The van der Waals surface area contributed by atoms with Crippen LogP contribution in [0.4, 0.5) is 0 Å². The maximum absolute atomic E-state index is 13.6. The fourth-order valence-corrected chi connectivity index (χ4v) is 4.68. The first-order valence-corrected chi connectivity index (χ1v) is 11.4. The van der Waals surface area contributed by atoms with Crippen molar-refractivity contribution in [3.63, 3.8) is 0 Å². The van der Waals surface area contributed by atoms with E-state index < -0.39 is 17.0 Å². The first-order chi connectivity index (χ1) is 14.4. The van der Waals surface area contributed by atoms with Crippen LogP contribution < -0.4 is 16.4 Å². The van der Waals surface area contributed by atoms with Crippen LogP contribution in [-0.2, 0) is 15.1 Å². The number of thiazole rings is 1. The second-order valence-electron chi connectivity index (χ2n) is 9.47. The summed E-state index contributed by atoms with van der Waals surface area (Å²) in [4.78, 5) is 31.8.